The van der Waals surface area contributed by atoms with E-state index in [0.29, 0.717) is 22.8 Å². The summed E-state index contributed by atoms with van der Waals surface area (Å²) in [4.78, 5) is 11.6. The Balaban J connectivity index is 2.98. The van der Waals surface area contributed by atoms with Crippen LogP contribution in [-0.2, 0) is 4.79 Å². The number of amides is 1. The first-order chi connectivity index (χ1) is 8.27. The molecular formula is C12H14F3NO2. The van der Waals surface area contributed by atoms with E-state index in [0.717, 1.165) is 7.05 Å². The average molecular weight is 261 g/mol. The van der Waals surface area contributed by atoms with E-state index >= 15 is 0 Å². The second-order valence-electron chi connectivity index (χ2n) is 3.74. The van der Waals surface area contributed by atoms with Gasteiger partial charge >= 0.3 is 12.1 Å². The smallest absolute Gasteiger partial charge is 0.471 e. The minimum absolute atomic E-state index is 0.179. The van der Waals surface area contributed by atoms with Crippen molar-refractivity contribution in [2.75, 3.05) is 18.6 Å². The lowest BCUT2D eigenvalue weighted by molar-refractivity contribution is -0.170. The highest BCUT2D eigenvalue weighted by atomic mass is 19.4. The molecule has 6 heteroatoms. The first-order valence-corrected chi connectivity index (χ1v) is 5.35. The number of alkyl halides is 3. The Morgan fingerprint density at radius 1 is 1.39 bits per heavy atom. The van der Waals surface area contributed by atoms with Gasteiger partial charge in [-0.05, 0) is 37.6 Å². The number of anilines is 1. The zero-order chi connectivity index (χ0) is 13.9. The molecule has 0 saturated carbocycles. The van der Waals surface area contributed by atoms with Crippen molar-refractivity contribution in [2.45, 2.75) is 20.0 Å². The number of hydrogen-bond acceptors (Lipinski definition) is 2. The summed E-state index contributed by atoms with van der Waals surface area (Å²) in [5.74, 6) is -1.31. The molecule has 0 spiro atoms. The highest BCUT2D eigenvalue weighted by molar-refractivity contribution is 5.96. The minimum Gasteiger partial charge on any atom is -0.494 e. The lowest BCUT2D eigenvalue weighted by atomic mass is 10.2. The molecule has 0 aliphatic heterocycles. The van der Waals surface area contributed by atoms with E-state index in [2.05, 4.69) is 0 Å². The summed E-state index contributed by atoms with van der Waals surface area (Å²) >= 11 is 0. The molecule has 0 N–H and O–H groups in total. The van der Waals surface area contributed by atoms with Crippen LogP contribution in [0.25, 0.3) is 0 Å². The molecular weight excluding hydrogens is 247 g/mol. The molecule has 1 aromatic carbocycles. The number of ether oxygens (including phenoxy) is 1. The Kier molecular flexibility index (Phi) is 4.21. The first kappa shape index (κ1) is 14.3. The molecule has 1 rings (SSSR count). The van der Waals surface area contributed by atoms with E-state index in [4.69, 9.17) is 4.74 Å². The van der Waals surface area contributed by atoms with Gasteiger partial charge in [-0.25, -0.2) is 0 Å². The van der Waals surface area contributed by atoms with Crippen LogP contribution >= 0.6 is 0 Å². The van der Waals surface area contributed by atoms with Gasteiger partial charge in [-0.3, -0.25) is 4.79 Å². The molecule has 0 atom stereocenters. The molecule has 0 aromatic heterocycles. The molecule has 0 bridgehead atoms. The predicted octanol–water partition coefficient (Wildman–Crippen LogP) is 2.92. The Bertz CT molecular complexity index is 443. The number of carbonyl (C=O) groups excluding carboxylic acids is 1. The fraction of sp³-hybridized carbons (Fsp3) is 0.417. The number of carbonyl (C=O) groups is 1. The summed E-state index contributed by atoms with van der Waals surface area (Å²) in [6.07, 6.45) is -4.87. The van der Waals surface area contributed by atoms with Crippen molar-refractivity contribution in [3.05, 3.63) is 23.8 Å². The van der Waals surface area contributed by atoms with Crippen LogP contribution in [0.4, 0.5) is 18.9 Å². The summed E-state index contributed by atoms with van der Waals surface area (Å²) in [5, 5.41) is 0. The van der Waals surface area contributed by atoms with Gasteiger partial charge in [-0.2, -0.15) is 13.2 Å². The molecule has 100 valence electrons. The van der Waals surface area contributed by atoms with Gasteiger partial charge in [0.25, 0.3) is 0 Å². The van der Waals surface area contributed by atoms with Gasteiger partial charge in [0, 0.05) is 12.7 Å². The third kappa shape index (κ3) is 3.15. The summed E-state index contributed by atoms with van der Waals surface area (Å²) in [7, 11) is 1.09. The van der Waals surface area contributed by atoms with Gasteiger partial charge in [-0.1, -0.05) is 0 Å². The quantitative estimate of drug-likeness (QED) is 0.837. The zero-order valence-corrected chi connectivity index (χ0v) is 10.3. The van der Waals surface area contributed by atoms with E-state index in [1.54, 1.807) is 13.0 Å². The number of halogens is 3. The van der Waals surface area contributed by atoms with Gasteiger partial charge in [0.1, 0.15) is 5.75 Å². The van der Waals surface area contributed by atoms with Crippen LogP contribution in [-0.4, -0.2) is 25.7 Å². The van der Waals surface area contributed by atoms with Gasteiger partial charge in [-0.15, -0.1) is 0 Å². The summed E-state index contributed by atoms with van der Waals surface area (Å²) < 4.78 is 42.1. The molecule has 1 aromatic rings. The molecule has 18 heavy (non-hydrogen) atoms. The molecule has 0 saturated heterocycles. The number of hydrogen-bond donors (Lipinski definition) is 0. The van der Waals surface area contributed by atoms with Crippen LogP contribution in [0.2, 0.25) is 0 Å². The number of benzene rings is 1. The van der Waals surface area contributed by atoms with Gasteiger partial charge in [0.15, 0.2) is 0 Å². The fourth-order valence-electron chi connectivity index (χ4n) is 1.47. The number of rotatable bonds is 3. The van der Waals surface area contributed by atoms with Crippen molar-refractivity contribution in [1.29, 1.82) is 0 Å². The summed E-state index contributed by atoms with van der Waals surface area (Å²) in [6.45, 7) is 3.99. The molecule has 0 radical (unpaired) electrons. The Morgan fingerprint density at radius 2 is 2.00 bits per heavy atom. The number of nitrogens with zero attached hydrogens (tertiary/aromatic N) is 1. The van der Waals surface area contributed by atoms with Crippen molar-refractivity contribution in [3.8, 4) is 5.75 Å². The highest BCUT2D eigenvalue weighted by Crippen LogP contribution is 2.27. The molecule has 3 nitrogen and oxygen atoms in total. The van der Waals surface area contributed by atoms with E-state index in [1.165, 1.54) is 12.1 Å². The van der Waals surface area contributed by atoms with Crippen LogP contribution in [0.3, 0.4) is 0 Å². The van der Waals surface area contributed by atoms with E-state index < -0.39 is 12.1 Å². The van der Waals surface area contributed by atoms with E-state index in [1.807, 2.05) is 6.92 Å². The predicted molar refractivity (Wildman–Crippen MR) is 61.8 cm³/mol. The fourth-order valence-corrected chi connectivity index (χ4v) is 1.47. The highest BCUT2D eigenvalue weighted by Gasteiger charge is 2.41. The molecule has 0 fully saturated rings. The minimum atomic E-state index is -4.87. The van der Waals surface area contributed by atoms with Crippen LogP contribution in [0.5, 0.6) is 5.75 Å². The Labute approximate surface area is 103 Å². The third-order valence-corrected chi connectivity index (χ3v) is 2.39. The zero-order valence-electron chi connectivity index (χ0n) is 10.3. The van der Waals surface area contributed by atoms with Crippen molar-refractivity contribution in [1.82, 2.24) is 0 Å². The Morgan fingerprint density at radius 3 is 2.44 bits per heavy atom. The van der Waals surface area contributed by atoms with Crippen molar-refractivity contribution in [3.63, 3.8) is 0 Å². The van der Waals surface area contributed by atoms with E-state index in [9.17, 15) is 18.0 Å². The molecule has 0 unspecified atom stereocenters. The summed E-state index contributed by atoms with van der Waals surface area (Å²) in [5.41, 5.74) is 0.856. The number of aryl methyl sites for hydroxylation is 1. The normalized spacial score (nSPS) is 11.2. The standard InChI is InChI=1S/C12H14F3NO2/c1-4-18-10-6-5-9(7-8(10)2)16(3)11(17)12(13,14)15/h5-7H,4H2,1-3H3. The second kappa shape index (κ2) is 5.29. The Hall–Kier alpha value is -1.72. The van der Waals surface area contributed by atoms with E-state index in [-0.39, 0.29) is 5.69 Å². The maximum Gasteiger partial charge on any atom is 0.471 e. The maximum atomic E-state index is 12.3. The van der Waals surface area contributed by atoms with Crippen molar-refractivity contribution in [2.24, 2.45) is 0 Å². The summed E-state index contributed by atoms with van der Waals surface area (Å²) in [6, 6.07) is 4.45. The van der Waals surface area contributed by atoms with Crippen LogP contribution in [0.1, 0.15) is 12.5 Å². The van der Waals surface area contributed by atoms with Crippen molar-refractivity contribution < 1.29 is 22.7 Å². The molecule has 1 amide bonds. The van der Waals surface area contributed by atoms with Crippen LogP contribution in [0, 0.1) is 6.92 Å². The largest absolute Gasteiger partial charge is 0.494 e. The van der Waals surface area contributed by atoms with Crippen molar-refractivity contribution >= 4 is 11.6 Å². The third-order valence-electron chi connectivity index (χ3n) is 2.39. The molecule has 0 heterocycles. The topological polar surface area (TPSA) is 29.5 Å². The van der Waals surface area contributed by atoms with Crippen LogP contribution < -0.4 is 9.64 Å². The maximum absolute atomic E-state index is 12.3. The van der Waals surface area contributed by atoms with Gasteiger partial charge in [0.05, 0.1) is 6.61 Å². The SMILES string of the molecule is CCOc1ccc(N(C)C(=O)C(F)(F)F)cc1C. The van der Waals surface area contributed by atoms with Gasteiger partial charge in [0.2, 0.25) is 0 Å². The van der Waals surface area contributed by atoms with Crippen LogP contribution in [0.15, 0.2) is 18.2 Å². The second-order valence-corrected chi connectivity index (χ2v) is 3.74. The van der Waals surface area contributed by atoms with Gasteiger partial charge < -0.3 is 9.64 Å². The lowest BCUT2D eigenvalue weighted by Gasteiger charge is -2.20. The lowest BCUT2D eigenvalue weighted by Crippen LogP contribution is -2.38. The average Bonchev–Trinajstić information content (AvgIpc) is 2.29. The first-order valence-electron chi connectivity index (χ1n) is 5.35. The monoisotopic (exact) mass is 261 g/mol. The molecule has 0 aliphatic carbocycles. The molecule has 0 aliphatic rings.